The summed E-state index contributed by atoms with van der Waals surface area (Å²) in [5, 5.41) is 4.50. The minimum Gasteiger partial charge on any atom is -0.397 e. The number of rotatable bonds is 3. The first-order valence-electron chi connectivity index (χ1n) is 6.67. The Morgan fingerprint density at radius 1 is 1.35 bits per heavy atom. The number of hydrogen-bond donors (Lipinski definition) is 3. The van der Waals surface area contributed by atoms with Crippen molar-refractivity contribution >= 4 is 34.1 Å². The highest BCUT2D eigenvalue weighted by molar-refractivity contribution is 6.31. The number of aromatic amines is 1. The first-order valence-corrected chi connectivity index (χ1v) is 7.05. The number of carbonyl (C=O) groups excluding carboxylic acids is 1. The number of nitrogens with zero attached hydrogens (tertiary/aromatic N) is 1. The summed E-state index contributed by atoms with van der Waals surface area (Å²) in [5.74, 6) is 0.101. The van der Waals surface area contributed by atoms with Crippen LogP contribution in [0.25, 0.3) is 10.9 Å². The highest BCUT2D eigenvalue weighted by Crippen LogP contribution is 2.26. The van der Waals surface area contributed by atoms with Crippen LogP contribution in [0.15, 0.2) is 18.2 Å². The quantitative estimate of drug-likeness (QED) is 0.748. The van der Waals surface area contributed by atoms with Crippen LogP contribution in [-0.2, 0) is 11.2 Å². The van der Waals surface area contributed by atoms with Gasteiger partial charge in [-0.2, -0.15) is 0 Å². The van der Waals surface area contributed by atoms with Crippen LogP contribution in [0.4, 0.5) is 5.69 Å². The molecule has 1 aliphatic heterocycles. The number of nitrogens with one attached hydrogen (secondary N) is 2. The molecule has 20 heavy (non-hydrogen) atoms. The van der Waals surface area contributed by atoms with E-state index in [1.807, 2.05) is 6.07 Å². The van der Waals surface area contributed by atoms with E-state index < -0.39 is 0 Å². The second-order valence-corrected chi connectivity index (χ2v) is 5.57. The number of hydrogen-bond acceptors (Lipinski definition) is 3. The molecule has 5 nitrogen and oxygen atoms in total. The summed E-state index contributed by atoms with van der Waals surface area (Å²) in [4.78, 5) is 16.8. The van der Waals surface area contributed by atoms with E-state index in [-0.39, 0.29) is 5.91 Å². The number of nitrogen functional groups attached to an aromatic ring is 1. The molecule has 1 fully saturated rings. The third kappa shape index (κ3) is 2.73. The fraction of sp³-hybridized carbons (Fsp3) is 0.357. The number of piperazine rings is 1. The normalized spacial score (nSPS) is 16.6. The predicted molar refractivity (Wildman–Crippen MR) is 80.9 cm³/mol. The summed E-state index contributed by atoms with van der Waals surface area (Å²) in [6.45, 7) is 2.97. The van der Waals surface area contributed by atoms with Crippen LogP contribution in [0.3, 0.4) is 0 Å². The van der Waals surface area contributed by atoms with Crippen molar-refractivity contribution in [3.63, 3.8) is 0 Å². The Morgan fingerprint density at radius 3 is 3.00 bits per heavy atom. The summed E-state index contributed by atoms with van der Waals surface area (Å²) >= 11 is 6.00. The molecule has 4 N–H and O–H groups in total. The Kier molecular flexibility index (Phi) is 3.54. The lowest BCUT2D eigenvalue weighted by molar-refractivity contribution is -0.124. The van der Waals surface area contributed by atoms with Crippen molar-refractivity contribution < 1.29 is 4.79 Å². The van der Waals surface area contributed by atoms with E-state index in [9.17, 15) is 4.79 Å². The fourth-order valence-corrected chi connectivity index (χ4v) is 2.82. The van der Waals surface area contributed by atoms with E-state index in [0.29, 0.717) is 17.3 Å². The molecular formula is C14H17ClN4O. The first kappa shape index (κ1) is 13.3. The minimum atomic E-state index is 0.101. The summed E-state index contributed by atoms with van der Waals surface area (Å²) in [7, 11) is 0. The van der Waals surface area contributed by atoms with E-state index in [2.05, 4.69) is 21.3 Å². The molecule has 2 heterocycles. The maximum absolute atomic E-state index is 11.3. The largest absolute Gasteiger partial charge is 0.397 e. The summed E-state index contributed by atoms with van der Waals surface area (Å²) < 4.78 is 0. The van der Waals surface area contributed by atoms with Crippen LogP contribution in [0, 0.1) is 0 Å². The molecule has 0 spiro atoms. The highest BCUT2D eigenvalue weighted by Gasteiger charge is 2.16. The number of H-pyrrole nitrogens is 1. The van der Waals surface area contributed by atoms with E-state index in [0.717, 1.165) is 42.7 Å². The predicted octanol–water partition coefficient (Wildman–Crippen LogP) is 1.38. The summed E-state index contributed by atoms with van der Waals surface area (Å²) in [6, 6.07) is 5.72. The number of carbonyl (C=O) groups is 1. The van der Waals surface area contributed by atoms with E-state index >= 15 is 0 Å². The second-order valence-electron chi connectivity index (χ2n) is 5.13. The summed E-state index contributed by atoms with van der Waals surface area (Å²) in [6.07, 6.45) is 0.860. The Hall–Kier alpha value is -1.72. The van der Waals surface area contributed by atoms with Gasteiger partial charge in [0.05, 0.1) is 17.7 Å². The van der Waals surface area contributed by atoms with Gasteiger partial charge in [0.2, 0.25) is 5.91 Å². The Morgan fingerprint density at radius 2 is 2.20 bits per heavy atom. The van der Waals surface area contributed by atoms with E-state index in [1.165, 1.54) is 0 Å². The molecule has 1 aliphatic rings. The molecule has 1 amide bonds. The standard InChI is InChI=1S/C14H17ClN4O/c15-10-5-9-6-11(18-14(9)12(16)7-10)1-3-19-4-2-17-13(20)8-19/h5-7,18H,1-4,8,16H2,(H,17,20). The van der Waals surface area contributed by atoms with Gasteiger partial charge in [0, 0.05) is 42.2 Å². The molecule has 3 rings (SSSR count). The molecule has 2 aromatic rings. The Labute approximate surface area is 122 Å². The third-order valence-corrected chi connectivity index (χ3v) is 3.81. The smallest absolute Gasteiger partial charge is 0.234 e. The average Bonchev–Trinajstić information content (AvgIpc) is 2.80. The van der Waals surface area contributed by atoms with Gasteiger partial charge in [-0.1, -0.05) is 11.6 Å². The van der Waals surface area contributed by atoms with Gasteiger partial charge in [0.25, 0.3) is 0 Å². The number of halogens is 1. The van der Waals surface area contributed by atoms with Gasteiger partial charge in [-0.05, 0) is 18.2 Å². The van der Waals surface area contributed by atoms with Gasteiger partial charge in [-0.25, -0.2) is 0 Å². The van der Waals surface area contributed by atoms with Gasteiger partial charge < -0.3 is 16.0 Å². The number of aromatic nitrogens is 1. The van der Waals surface area contributed by atoms with Crippen LogP contribution in [0.1, 0.15) is 5.69 Å². The maximum Gasteiger partial charge on any atom is 0.234 e. The van der Waals surface area contributed by atoms with E-state index in [1.54, 1.807) is 6.07 Å². The van der Waals surface area contributed by atoms with Crippen LogP contribution >= 0.6 is 11.6 Å². The molecule has 0 atom stereocenters. The number of amides is 1. The topological polar surface area (TPSA) is 74.2 Å². The molecule has 0 unspecified atom stereocenters. The molecule has 0 aliphatic carbocycles. The monoisotopic (exact) mass is 292 g/mol. The molecule has 1 saturated heterocycles. The van der Waals surface area contributed by atoms with Crippen molar-refractivity contribution in [2.45, 2.75) is 6.42 Å². The number of anilines is 1. The number of nitrogens with two attached hydrogens (primary N) is 1. The number of benzene rings is 1. The van der Waals surface area contributed by atoms with Gasteiger partial charge in [0.15, 0.2) is 0 Å². The third-order valence-electron chi connectivity index (χ3n) is 3.59. The van der Waals surface area contributed by atoms with Crippen molar-refractivity contribution in [3.05, 3.63) is 28.9 Å². The number of fused-ring (bicyclic) bond motifs is 1. The maximum atomic E-state index is 11.3. The lowest BCUT2D eigenvalue weighted by Crippen LogP contribution is -2.48. The van der Waals surface area contributed by atoms with Crippen LogP contribution in [0.2, 0.25) is 5.02 Å². The van der Waals surface area contributed by atoms with Gasteiger partial charge in [-0.3, -0.25) is 9.69 Å². The lowest BCUT2D eigenvalue weighted by atomic mass is 10.2. The lowest BCUT2D eigenvalue weighted by Gasteiger charge is -2.26. The van der Waals surface area contributed by atoms with Crippen LogP contribution < -0.4 is 11.1 Å². The van der Waals surface area contributed by atoms with Gasteiger partial charge >= 0.3 is 0 Å². The van der Waals surface area contributed by atoms with Crippen molar-refractivity contribution in [3.8, 4) is 0 Å². The minimum absolute atomic E-state index is 0.101. The van der Waals surface area contributed by atoms with Crippen molar-refractivity contribution in [1.29, 1.82) is 0 Å². The first-order chi connectivity index (χ1) is 9.61. The molecular weight excluding hydrogens is 276 g/mol. The molecule has 1 aromatic carbocycles. The zero-order valence-electron chi connectivity index (χ0n) is 11.1. The molecule has 0 saturated carbocycles. The fourth-order valence-electron chi connectivity index (χ4n) is 2.59. The van der Waals surface area contributed by atoms with Crippen LogP contribution in [0.5, 0.6) is 0 Å². The van der Waals surface area contributed by atoms with Crippen molar-refractivity contribution in [2.24, 2.45) is 0 Å². The summed E-state index contributed by atoms with van der Waals surface area (Å²) in [5.41, 5.74) is 8.65. The zero-order valence-corrected chi connectivity index (χ0v) is 11.8. The SMILES string of the molecule is Nc1cc(Cl)cc2cc(CCN3CCNC(=O)C3)[nH]c12. The molecule has 1 aromatic heterocycles. The average molecular weight is 293 g/mol. The highest BCUT2D eigenvalue weighted by atomic mass is 35.5. The Balaban J connectivity index is 1.71. The molecule has 106 valence electrons. The Bertz CT molecular complexity index is 652. The molecule has 0 radical (unpaired) electrons. The zero-order chi connectivity index (χ0) is 14.1. The van der Waals surface area contributed by atoms with E-state index in [4.69, 9.17) is 17.3 Å². The second kappa shape index (κ2) is 5.34. The van der Waals surface area contributed by atoms with Crippen molar-refractivity contribution in [1.82, 2.24) is 15.2 Å². The molecule has 0 bridgehead atoms. The molecule has 6 heteroatoms. The van der Waals surface area contributed by atoms with Crippen molar-refractivity contribution in [2.75, 3.05) is 31.9 Å². The van der Waals surface area contributed by atoms with Crippen LogP contribution in [-0.4, -0.2) is 42.0 Å². The van der Waals surface area contributed by atoms with Gasteiger partial charge in [-0.15, -0.1) is 0 Å². The van der Waals surface area contributed by atoms with Gasteiger partial charge in [0.1, 0.15) is 0 Å².